The highest BCUT2D eigenvalue weighted by atomic mass is 32.2. The minimum Gasteiger partial charge on any atom is -0.300 e. The normalized spacial score (nSPS) is 11.6. The summed E-state index contributed by atoms with van der Waals surface area (Å²) >= 11 is 0. The number of nitrogens with two attached hydrogens (primary N) is 1. The molecule has 0 saturated carbocycles. The van der Waals surface area contributed by atoms with Crippen molar-refractivity contribution in [3.63, 3.8) is 0 Å². The zero-order chi connectivity index (χ0) is 11.8. The van der Waals surface area contributed by atoms with Crippen LogP contribution >= 0.6 is 0 Å². The molecule has 0 bridgehead atoms. The molecule has 0 spiro atoms. The summed E-state index contributed by atoms with van der Waals surface area (Å²) in [6.45, 7) is 0. The van der Waals surface area contributed by atoms with Crippen molar-refractivity contribution in [2.24, 2.45) is 12.2 Å². The SMILES string of the molecule is Cn1c(-c2ccccc2)nnc1S(N)(=O)=O. The predicted molar refractivity (Wildman–Crippen MR) is 57.8 cm³/mol. The first-order valence-corrected chi connectivity index (χ1v) is 6.02. The maximum atomic E-state index is 11.2. The molecule has 84 valence electrons. The van der Waals surface area contributed by atoms with E-state index < -0.39 is 10.0 Å². The average molecular weight is 238 g/mol. The van der Waals surface area contributed by atoms with E-state index in [-0.39, 0.29) is 5.16 Å². The second kappa shape index (κ2) is 3.69. The standard InChI is InChI=1S/C9H10N4O2S/c1-13-8(7-5-3-2-4-6-7)11-12-9(13)16(10,14)15/h2-6H,1H3,(H2,10,14,15). The van der Waals surface area contributed by atoms with Gasteiger partial charge < -0.3 is 0 Å². The Balaban J connectivity index is 2.59. The van der Waals surface area contributed by atoms with Gasteiger partial charge >= 0.3 is 0 Å². The van der Waals surface area contributed by atoms with Gasteiger partial charge in [-0.25, -0.2) is 13.6 Å². The lowest BCUT2D eigenvalue weighted by molar-refractivity contribution is 0.580. The molecule has 1 aromatic carbocycles. The maximum Gasteiger partial charge on any atom is 0.273 e. The highest BCUT2D eigenvalue weighted by molar-refractivity contribution is 7.89. The summed E-state index contributed by atoms with van der Waals surface area (Å²) in [4.78, 5) is 0. The van der Waals surface area contributed by atoms with Crippen molar-refractivity contribution in [1.82, 2.24) is 14.8 Å². The number of hydrogen-bond acceptors (Lipinski definition) is 4. The lowest BCUT2D eigenvalue weighted by Gasteiger charge is -2.01. The Morgan fingerprint density at radius 3 is 2.31 bits per heavy atom. The summed E-state index contributed by atoms with van der Waals surface area (Å²) in [5, 5.41) is 12.1. The number of sulfonamides is 1. The Morgan fingerprint density at radius 2 is 1.81 bits per heavy atom. The topological polar surface area (TPSA) is 90.9 Å². The van der Waals surface area contributed by atoms with E-state index in [4.69, 9.17) is 5.14 Å². The summed E-state index contributed by atoms with van der Waals surface area (Å²) in [5.41, 5.74) is 0.785. The van der Waals surface area contributed by atoms with E-state index in [1.807, 2.05) is 30.3 Å². The summed E-state index contributed by atoms with van der Waals surface area (Å²) in [6.07, 6.45) is 0. The monoisotopic (exact) mass is 238 g/mol. The van der Waals surface area contributed by atoms with Crippen LogP contribution in [0, 0.1) is 0 Å². The van der Waals surface area contributed by atoms with Crippen molar-refractivity contribution in [3.8, 4) is 11.4 Å². The van der Waals surface area contributed by atoms with Gasteiger partial charge in [-0.05, 0) is 0 Å². The van der Waals surface area contributed by atoms with Crippen LogP contribution in [0.4, 0.5) is 0 Å². The molecule has 1 aromatic heterocycles. The smallest absolute Gasteiger partial charge is 0.273 e. The van der Waals surface area contributed by atoms with Crippen LogP contribution in [-0.2, 0) is 17.1 Å². The lowest BCUT2D eigenvalue weighted by Crippen LogP contribution is -2.17. The van der Waals surface area contributed by atoms with Crippen LogP contribution in [0.3, 0.4) is 0 Å². The molecule has 1 heterocycles. The quantitative estimate of drug-likeness (QED) is 0.805. The van der Waals surface area contributed by atoms with E-state index in [9.17, 15) is 8.42 Å². The fourth-order valence-corrected chi connectivity index (χ4v) is 2.02. The predicted octanol–water partition coefficient (Wildman–Crippen LogP) is 0.130. The number of aromatic nitrogens is 3. The van der Waals surface area contributed by atoms with Crippen LogP contribution in [-0.4, -0.2) is 23.2 Å². The highest BCUT2D eigenvalue weighted by Gasteiger charge is 2.18. The molecule has 2 N–H and O–H groups in total. The van der Waals surface area contributed by atoms with E-state index >= 15 is 0 Å². The fourth-order valence-electron chi connectivity index (χ4n) is 1.40. The molecule has 6 nitrogen and oxygen atoms in total. The molecule has 0 radical (unpaired) electrons. The first-order chi connectivity index (χ1) is 7.50. The van der Waals surface area contributed by atoms with E-state index in [0.717, 1.165) is 5.56 Å². The van der Waals surface area contributed by atoms with Gasteiger partial charge in [-0.1, -0.05) is 30.3 Å². The van der Waals surface area contributed by atoms with Crippen molar-refractivity contribution in [2.75, 3.05) is 0 Å². The molecular formula is C9H10N4O2S. The Morgan fingerprint density at radius 1 is 1.19 bits per heavy atom. The molecule has 0 aliphatic carbocycles. The van der Waals surface area contributed by atoms with Crippen LogP contribution in [0.2, 0.25) is 0 Å². The second-order valence-corrected chi connectivity index (χ2v) is 4.73. The Bertz CT molecular complexity index is 604. The minimum atomic E-state index is -3.83. The van der Waals surface area contributed by atoms with Gasteiger partial charge in [0.25, 0.3) is 15.2 Å². The van der Waals surface area contributed by atoms with Gasteiger partial charge in [-0.2, -0.15) is 0 Å². The van der Waals surface area contributed by atoms with Gasteiger partial charge in [0, 0.05) is 12.6 Å². The van der Waals surface area contributed by atoms with E-state index in [1.165, 1.54) is 4.57 Å². The van der Waals surface area contributed by atoms with Crippen LogP contribution in [0.25, 0.3) is 11.4 Å². The third kappa shape index (κ3) is 1.82. The molecule has 0 aliphatic rings. The Hall–Kier alpha value is -1.73. The van der Waals surface area contributed by atoms with Crippen LogP contribution in [0.1, 0.15) is 0 Å². The Labute approximate surface area is 92.8 Å². The molecule has 0 atom stereocenters. The summed E-state index contributed by atoms with van der Waals surface area (Å²) in [6, 6.07) is 9.16. The van der Waals surface area contributed by atoms with Crippen LogP contribution < -0.4 is 5.14 Å². The largest absolute Gasteiger partial charge is 0.300 e. The molecule has 0 amide bonds. The number of nitrogens with zero attached hydrogens (tertiary/aromatic N) is 3. The van der Waals surface area contributed by atoms with Gasteiger partial charge in [0.1, 0.15) is 0 Å². The lowest BCUT2D eigenvalue weighted by atomic mass is 10.2. The molecule has 0 saturated heterocycles. The van der Waals surface area contributed by atoms with Crippen LogP contribution in [0.5, 0.6) is 0 Å². The van der Waals surface area contributed by atoms with Gasteiger partial charge in [0.2, 0.25) is 0 Å². The molecule has 0 aliphatic heterocycles. The van der Waals surface area contributed by atoms with E-state index in [0.29, 0.717) is 5.82 Å². The number of benzene rings is 1. The summed E-state index contributed by atoms with van der Waals surface area (Å²) in [7, 11) is -2.27. The van der Waals surface area contributed by atoms with Gasteiger partial charge in [0.15, 0.2) is 5.82 Å². The molecule has 2 aromatic rings. The first kappa shape index (κ1) is 10.8. The number of rotatable bonds is 2. The Kier molecular flexibility index (Phi) is 2.49. The highest BCUT2D eigenvalue weighted by Crippen LogP contribution is 2.17. The molecule has 16 heavy (non-hydrogen) atoms. The third-order valence-corrected chi connectivity index (χ3v) is 2.99. The number of hydrogen-bond donors (Lipinski definition) is 1. The summed E-state index contributed by atoms with van der Waals surface area (Å²) < 4.78 is 23.7. The van der Waals surface area contributed by atoms with Gasteiger partial charge in [0.05, 0.1) is 0 Å². The van der Waals surface area contributed by atoms with Gasteiger partial charge in [-0.15, -0.1) is 10.2 Å². The average Bonchev–Trinajstić information content (AvgIpc) is 2.61. The van der Waals surface area contributed by atoms with Crippen molar-refractivity contribution >= 4 is 10.0 Å². The third-order valence-electron chi connectivity index (χ3n) is 2.12. The van der Waals surface area contributed by atoms with Crippen LogP contribution in [0.15, 0.2) is 35.5 Å². The van der Waals surface area contributed by atoms with Crippen molar-refractivity contribution in [3.05, 3.63) is 30.3 Å². The fraction of sp³-hybridized carbons (Fsp3) is 0.111. The van der Waals surface area contributed by atoms with Crippen molar-refractivity contribution < 1.29 is 8.42 Å². The summed E-state index contributed by atoms with van der Waals surface area (Å²) in [5.74, 6) is 0.463. The zero-order valence-electron chi connectivity index (χ0n) is 8.53. The van der Waals surface area contributed by atoms with Gasteiger partial charge in [-0.3, -0.25) is 4.57 Å². The second-order valence-electron chi connectivity index (χ2n) is 3.28. The van der Waals surface area contributed by atoms with Crippen molar-refractivity contribution in [2.45, 2.75) is 5.16 Å². The van der Waals surface area contributed by atoms with E-state index in [2.05, 4.69) is 10.2 Å². The molecule has 0 fully saturated rings. The molecule has 2 rings (SSSR count). The molecule has 0 unspecified atom stereocenters. The maximum absolute atomic E-state index is 11.2. The first-order valence-electron chi connectivity index (χ1n) is 4.48. The number of primary sulfonamides is 1. The zero-order valence-corrected chi connectivity index (χ0v) is 9.35. The molecular weight excluding hydrogens is 228 g/mol. The van der Waals surface area contributed by atoms with E-state index in [1.54, 1.807) is 7.05 Å². The molecule has 7 heteroatoms. The minimum absolute atomic E-state index is 0.244. The van der Waals surface area contributed by atoms with Crippen molar-refractivity contribution in [1.29, 1.82) is 0 Å².